The second-order valence-electron chi connectivity index (χ2n) is 14.1. The molecule has 0 saturated carbocycles. The minimum absolute atomic E-state index is 0.232. The van der Waals surface area contributed by atoms with Crippen LogP contribution in [0.25, 0.3) is 10.3 Å². The summed E-state index contributed by atoms with van der Waals surface area (Å²) in [5, 5.41) is 29.7. The summed E-state index contributed by atoms with van der Waals surface area (Å²) >= 11 is 1.33. The van der Waals surface area contributed by atoms with Crippen LogP contribution in [0.3, 0.4) is 0 Å². The number of aliphatic hydroxyl groups is 2. The van der Waals surface area contributed by atoms with E-state index in [2.05, 4.69) is 47.7 Å². The van der Waals surface area contributed by atoms with Gasteiger partial charge in [-0.1, -0.05) is 44.2 Å². The first-order valence-electron chi connectivity index (χ1n) is 16.3. The Morgan fingerprint density at radius 3 is 2.62 bits per heavy atom. The number of carbonyl (C=O) groups excluding carboxylic acids is 2. The topological polar surface area (TPSA) is 140 Å². The third-order valence-corrected chi connectivity index (χ3v) is 10.8. The van der Waals surface area contributed by atoms with Crippen molar-refractivity contribution in [2.75, 3.05) is 32.7 Å². The second kappa shape index (κ2) is 13.4. The van der Waals surface area contributed by atoms with Crippen molar-refractivity contribution in [1.82, 2.24) is 30.8 Å². The standard InChI is InChI=1S/C34H46N6O4S/c1-34(2,3)23-7-8-25-22(16-23)17-27-32(38-25)45-33(39-27)31(44)36-26(11-14-40-12-9-24(41)10-13-40)20-5-4-6-21(15-20)30(43)37-28-18-35-19-29(28)42/h4-6,15,17,23-24,26,28-29,35,41-42H,7-14,16,18-19H2,1-3H3,(H,36,44)(H,37,43)/t23-,26?,28?,29?/m0/s1. The fraction of sp³-hybridized carbons (Fsp3) is 0.588. The number of hydrogen-bond acceptors (Lipinski definition) is 9. The zero-order chi connectivity index (χ0) is 31.7. The molecular formula is C34H46N6O4S. The van der Waals surface area contributed by atoms with Crippen LogP contribution in [0.15, 0.2) is 30.3 Å². The van der Waals surface area contributed by atoms with Crippen molar-refractivity contribution < 1.29 is 19.8 Å². The molecule has 1 aliphatic carbocycles. The van der Waals surface area contributed by atoms with E-state index >= 15 is 0 Å². The van der Waals surface area contributed by atoms with Crippen molar-refractivity contribution in [3.8, 4) is 0 Å². The molecule has 45 heavy (non-hydrogen) atoms. The maximum atomic E-state index is 13.7. The highest BCUT2D eigenvalue weighted by Gasteiger charge is 2.31. The molecule has 3 aromatic rings. The number of benzene rings is 1. The molecule has 6 rings (SSSR count). The molecule has 2 aliphatic heterocycles. The van der Waals surface area contributed by atoms with Gasteiger partial charge in [0.1, 0.15) is 10.3 Å². The number of aryl methyl sites for hydroxylation is 1. The minimum Gasteiger partial charge on any atom is -0.393 e. The van der Waals surface area contributed by atoms with Crippen molar-refractivity contribution in [2.45, 2.75) is 83.6 Å². The van der Waals surface area contributed by atoms with Crippen molar-refractivity contribution in [2.24, 2.45) is 11.3 Å². The van der Waals surface area contributed by atoms with E-state index in [1.807, 2.05) is 18.2 Å². The Bertz CT molecular complexity index is 1530. The lowest BCUT2D eigenvalue weighted by atomic mass is 9.71. The molecule has 3 unspecified atom stereocenters. The summed E-state index contributed by atoms with van der Waals surface area (Å²) in [6.45, 7) is 10.2. The van der Waals surface area contributed by atoms with Gasteiger partial charge in [-0.05, 0) is 79.2 Å². The van der Waals surface area contributed by atoms with E-state index in [1.165, 1.54) is 16.9 Å². The Balaban J connectivity index is 1.21. The van der Waals surface area contributed by atoms with E-state index in [1.54, 1.807) is 6.07 Å². The van der Waals surface area contributed by atoms with E-state index in [-0.39, 0.29) is 35.4 Å². The number of aromatic nitrogens is 2. The molecule has 10 nitrogen and oxygen atoms in total. The Morgan fingerprint density at radius 1 is 1.09 bits per heavy atom. The summed E-state index contributed by atoms with van der Waals surface area (Å²) in [7, 11) is 0. The fourth-order valence-corrected chi connectivity index (χ4v) is 7.65. The summed E-state index contributed by atoms with van der Waals surface area (Å²) in [5.74, 6) is 0.0829. The molecule has 2 amide bonds. The lowest BCUT2D eigenvalue weighted by molar-refractivity contribution is 0.0795. The van der Waals surface area contributed by atoms with Gasteiger partial charge in [0.15, 0.2) is 5.01 Å². The number of nitrogens with one attached hydrogen (secondary N) is 3. The molecule has 1 aromatic carbocycles. The maximum Gasteiger partial charge on any atom is 0.280 e. The highest BCUT2D eigenvalue weighted by atomic mass is 32.1. The van der Waals surface area contributed by atoms with Crippen molar-refractivity contribution in [3.05, 3.63) is 57.7 Å². The third-order valence-electron chi connectivity index (χ3n) is 9.81. The molecule has 0 radical (unpaired) electrons. The lowest BCUT2D eigenvalue weighted by Crippen LogP contribution is -2.42. The van der Waals surface area contributed by atoms with Crippen LogP contribution in [-0.4, -0.2) is 87.9 Å². The van der Waals surface area contributed by atoms with Crippen LogP contribution < -0.4 is 16.0 Å². The van der Waals surface area contributed by atoms with Crippen LogP contribution in [0.2, 0.25) is 0 Å². The second-order valence-corrected chi connectivity index (χ2v) is 15.0. The molecule has 5 N–H and O–H groups in total. The molecule has 3 aliphatic rings. The molecule has 4 atom stereocenters. The van der Waals surface area contributed by atoms with Crippen molar-refractivity contribution in [1.29, 1.82) is 0 Å². The summed E-state index contributed by atoms with van der Waals surface area (Å²) in [6.07, 6.45) is 4.30. The molecule has 2 aromatic heterocycles. The van der Waals surface area contributed by atoms with Crippen LogP contribution in [0.4, 0.5) is 0 Å². The van der Waals surface area contributed by atoms with Crippen LogP contribution in [0, 0.1) is 11.3 Å². The van der Waals surface area contributed by atoms with Gasteiger partial charge in [-0.3, -0.25) is 9.59 Å². The number of fused-ring (bicyclic) bond motifs is 2. The Hall–Kier alpha value is -2.96. The number of aliphatic hydroxyl groups excluding tert-OH is 2. The van der Waals surface area contributed by atoms with E-state index < -0.39 is 6.10 Å². The zero-order valence-corrected chi connectivity index (χ0v) is 27.3. The van der Waals surface area contributed by atoms with Gasteiger partial charge in [0, 0.05) is 44.0 Å². The third kappa shape index (κ3) is 7.55. The number of rotatable bonds is 8. The number of nitrogens with zero attached hydrogens (tertiary/aromatic N) is 3. The van der Waals surface area contributed by atoms with Gasteiger partial charge in [-0.2, -0.15) is 0 Å². The number of likely N-dealkylation sites (tertiary alicyclic amines) is 1. The molecular weight excluding hydrogens is 588 g/mol. The van der Waals surface area contributed by atoms with Crippen LogP contribution in [-0.2, 0) is 12.8 Å². The Morgan fingerprint density at radius 2 is 1.89 bits per heavy atom. The molecule has 2 saturated heterocycles. The maximum absolute atomic E-state index is 13.7. The van der Waals surface area contributed by atoms with Gasteiger partial charge in [-0.15, -0.1) is 0 Å². The summed E-state index contributed by atoms with van der Waals surface area (Å²) in [5.41, 5.74) is 4.68. The number of thiazole rings is 1. The van der Waals surface area contributed by atoms with E-state index in [9.17, 15) is 19.8 Å². The van der Waals surface area contributed by atoms with E-state index in [4.69, 9.17) is 9.97 Å². The predicted molar refractivity (Wildman–Crippen MR) is 175 cm³/mol. The summed E-state index contributed by atoms with van der Waals surface area (Å²) in [6, 6.07) is 8.79. The molecule has 4 heterocycles. The smallest absolute Gasteiger partial charge is 0.280 e. The number of piperidine rings is 1. The molecule has 0 spiro atoms. The van der Waals surface area contributed by atoms with E-state index in [0.29, 0.717) is 36.0 Å². The SMILES string of the molecule is CC(C)(C)[C@H]1CCc2nc3sc(C(=O)NC(CCN4CCC(O)CC4)c4cccc(C(=O)NC5CNCC5O)c4)nc3cc2C1. The first kappa shape index (κ1) is 32.0. The predicted octanol–water partition coefficient (Wildman–Crippen LogP) is 3.22. The molecule has 0 bridgehead atoms. The Labute approximate surface area is 269 Å². The van der Waals surface area contributed by atoms with Gasteiger partial charge in [0.05, 0.1) is 24.3 Å². The van der Waals surface area contributed by atoms with Crippen LogP contribution >= 0.6 is 11.3 Å². The number of amides is 2. The van der Waals surface area contributed by atoms with Crippen molar-refractivity contribution >= 4 is 33.5 Å². The van der Waals surface area contributed by atoms with Crippen LogP contribution in [0.5, 0.6) is 0 Å². The average molecular weight is 635 g/mol. The lowest BCUT2D eigenvalue weighted by Gasteiger charge is -2.34. The minimum atomic E-state index is -0.624. The monoisotopic (exact) mass is 634 g/mol. The van der Waals surface area contributed by atoms with Gasteiger partial charge in [0.2, 0.25) is 0 Å². The van der Waals surface area contributed by atoms with Crippen LogP contribution in [0.1, 0.15) is 89.5 Å². The first-order chi connectivity index (χ1) is 21.5. The highest BCUT2D eigenvalue weighted by Crippen LogP contribution is 2.38. The van der Waals surface area contributed by atoms with Gasteiger partial charge in [-0.25, -0.2) is 9.97 Å². The molecule has 11 heteroatoms. The largest absolute Gasteiger partial charge is 0.393 e. The fourth-order valence-electron chi connectivity index (χ4n) is 6.81. The number of carbonyl (C=O) groups is 2. The van der Waals surface area contributed by atoms with E-state index in [0.717, 1.165) is 73.3 Å². The normalized spacial score (nSPS) is 23.5. The Kier molecular flexibility index (Phi) is 9.54. The summed E-state index contributed by atoms with van der Waals surface area (Å²) < 4.78 is 0. The van der Waals surface area contributed by atoms with Gasteiger partial charge < -0.3 is 31.1 Å². The number of pyridine rings is 1. The number of β-amino-alcohol motifs (C(OH)–C–C–N with tert-alkyl or cyclic N) is 1. The first-order valence-corrected chi connectivity index (χ1v) is 17.2. The molecule has 242 valence electrons. The van der Waals surface area contributed by atoms with Crippen molar-refractivity contribution in [3.63, 3.8) is 0 Å². The zero-order valence-electron chi connectivity index (χ0n) is 26.5. The quantitative estimate of drug-likeness (QED) is 0.255. The number of hydrogen-bond donors (Lipinski definition) is 5. The average Bonchev–Trinajstić information content (AvgIpc) is 3.63. The summed E-state index contributed by atoms with van der Waals surface area (Å²) in [4.78, 5) is 39.6. The molecule has 2 fully saturated rings. The van der Waals surface area contributed by atoms with Gasteiger partial charge in [0.25, 0.3) is 11.8 Å². The highest BCUT2D eigenvalue weighted by molar-refractivity contribution is 7.19. The van der Waals surface area contributed by atoms with Gasteiger partial charge >= 0.3 is 0 Å².